The molecule has 6 nitrogen and oxygen atoms in total. The molecule has 0 spiro atoms. The standard InChI is InChI=1S/C23H20N4O2/c28-23(19-10-4-5-12-21(19)29-18-8-2-1-3-9-18)26-15-17-27-16-14-25-22(27)20-11-6-7-13-24-20/h1-14,16H,15,17H2,(H,26,28). The summed E-state index contributed by atoms with van der Waals surface area (Å²) >= 11 is 0. The van der Waals surface area contributed by atoms with Crippen LogP contribution in [0.3, 0.4) is 0 Å². The molecule has 0 atom stereocenters. The minimum atomic E-state index is -0.184. The summed E-state index contributed by atoms with van der Waals surface area (Å²) in [6.07, 6.45) is 5.34. The van der Waals surface area contributed by atoms with E-state index in [0.29, 0.717) is 30.2 Å². The molecule has 1 N–H and O–H groups in total. The molecule has 29 heavy (non-hydrogen) atoms. The number of benzene rings is 2. The first-order valence-electron chi connectivity index (χ1n) is 9.34. The number of nitrogens with one attached hydrogen (secondary N) is 1. The molecule has 4 rings (SSSR count). The van der Waals surface area contributed by atoms with Crippen molar-refractivity contribution in [3.8, 4) is 23.0 Å². The van der Waals surface area contributed by atoms with Crippen LogP contribution in [0.5, 0.6) is 11.5 Å². The zero-order valence-corrected chi connectivity index (χ0v) is 15.7. The molecule has 0 aliphatic carbocycles. The second-order valence-electron chi connectivity index (χ2n) is 6.33. The molecule has 0 aliphatic rings. The van der Waals surface area contributed by atoms with E-state index >= 15 is 0 Å². The Bertz CT molecular complexity index is 1080. The number of pyridine rings is 1. The summed E-state index contributed by atoms with van der Waals surface area (Å²) in [5.41, 5.74) is 1.29. The van der Waals surface area contributed by atoms with Crippen molar-refractivity contribution in [1.29, 1.82) is 0 Å². The van der Waals surface area contributed by atoms with Crippen molar-refractivity contribution in [2.45, 2.75) is 6.54 Å². The highest BCUT2D eigenvalue weighted by molar-refractivity contribution is 5.97. The summed E-state index contributed by atoms with van der Waals surface area (Å²) in [5.74, 6) is 1.79. The van der Waals surface area contributed by atoms with Gasteiger partial charge in [-0.2, -0.15) is 0 Å². The molecule has 0 radical (unpaired) electrons. The Labute approximate surface area is 168 Å². The Morgan fingerprint density at radius 1 is 0.897 bits per heavy atom. The molecule has 0 unspecified atom stereocenters. The quantitative estimate of drug-likeness (QED) is 0.519. The molecule has 1 amide bonds. The first kappa shape index (κ1) is 18.4. The van der Waals surface area contributed by atoms with Crippen LogP contribution in [0.2, 0.25) is 0 Å². The Kier molecular flexibility index (Phi) is 5.62. The van der Waals surface area contributed by atoms with E-state index in [1.54, 1.807) is 24.5 Å². The lowest BCUT2D eigenvalue weighted by atomic mass is 10.2. The highest BCUT2D eigenvalue weighted by atomic mass is 16.5. The van der Waals surface area contributed by atoms with Crippen molar-refractivity contribution < 1.29 is 9.53 Å². The first-order chi connectivity index (χ1) is 14.3. The van der Waals surface area contributed by atoms with Crippen LogP contribution in [0.15, 0.2) is 91.4 Å². The van der Waals surface area contributed by atoms with Gasteiger partial charge < -0.3 is 14.6 Å². The first-order valence-corrected chi connectivity index (χ1v) is 9.34. The van der Waals surface area contributed by atoms with Crippen molar-refractivity contribution in [3.05, 3.63) is 97.0 Å². The van der Waals surface area contributed by atoms with Gasteiger partial charge >= 0.3 is 0 Å². The monoisotopic (exact) mass is 384 g/mol. The maximum Gasteiger partial charge on any atom is 0.255 e. The van der Waals surface area contributed by atoms with E-state index in [9.17, 15) is 4.79 Å². The third-order valence-corrected chi connectivity index (χ3v) is 4.35. The molecule has 2 aromatic heterocycles. The lowest BCUT2D eigenvalue weighted by molar-refractivity contribution is 0.0950. The van der Waals surface area contributed by atoms with Gasteiger partial charge in [0.05, 0.1) is 5.56 Å². The fourth-order valence-electron chi connectivity index (χ4n) is 2.96. The second-order valence-corrected chi connectivity index (χ2v) is 6.33. The van der Waals surface area contributed by atoms with Crippen molar-refractivity contribution in [3.63, 3.8) is 0 Å². The summed E-state index contributed by atoms with van der Waals surface area (Å²) in [6.45, 7) is 1.04. The van der Waals surface area contributed by atoms with Crippen LogP contribution in [-0.2, 0) is 6.54 Å². The smallest absolute Gasteiger partial charge is 0.255 e. The molecule has 0 aliphatic heterocycles. The fraction of sp³-hybridized carbons (Fsp3) is 0.0870. The van der Waals surface area contributed by atoms with E-state index in [1.165, 1.54) is 0 Å². The van der Waals surface area contributed by atoms with Crippen LogP contribution >= 0.6 is 0 Å². The molecule has 0 bridgehead atoms. The van der Waals surface area contributed by atoms with Gasteiger partial charge in [-0.1, -0.05) is 36.4 Å². The maximum absolute atomic E-state index is 12.7. The third kappa shape index (κ3) is 4.50. The Morgan fingerprint density at radius 2 is 1.69 bits per heavy atom. The minimum absolute atomic E-state index is 0.184. The Balaban J connectivity index is 1.41. The molecule has 4 aromatic rings. The average molecular weight is 384 g/mol. The highest BCUT2D eigenvalue weighted by Crippen LogP contribution is 2.24. The Hall–Kier alpha value is -3.93. The molecular weight excluding hydrogens is 364 g/mol. The summed E-state index contributed by atoms with van der Waals surface area (Å²) < 4.78 is 7.84. The maximum atomic E-state index is 12.7. The Morgan fingerprint density at radius 3 is 2.52 bits per heavy atom. The molecule has 2 heterocycles. The molecule has 0 saturated heterocycles. The fourth-order valence-corrected chi connectivity index (χ4v) is 2.96. The third-order valence-electron chi connectivity index (χ3n) is 4.35. The summed E-state index contributed by atoms with van der Waals surface area (Å²) in [4.78, 5) is 21.4. The van der Waals surface area contributed by atoms with Gasteiger partial charge in [-0.3, -0.25) is 9.78 Å². The summed E-state index contributed by atoms with van der Waals surface area (Å²) in [6, 6.07) is 22.3. The van der Waals surface area contributed by atoms with Crippen LogP contribution in [-0.4, -0.2) is 27.0 Å². The van der Waals surface area contributed by atoms with Gasteiger partial charge in [0.2, 0.25) is 0 Å². The van der Waals surface area contributed by atoms with Gasteiger partial charge in [-0.25, -0.2) is 4.98 Å². The number of carbonyl (C=O) groups is 1. The molecule has 2 aromatic carbocycles. The number of amides is 1. The number of para-hydroxylation sites is 2. The van der Waals surface area contributed by atoms with Gasteiger partial charge in [-0.05, 0) is 36.4 Å². The lowest BCUT2D eigenvalue weighted by Gasteiger charge is -2.12. The van der Waals surface area contributed by atoms with Crippen molar-refractivity contribution >= 4 is 5.91 Å². The second kappa shape index (κ2) is 8.84. The average Bonchev–Trinajstić information content (AvgIpc) is 3.24. The van der Waals surface area contributed by atoms with Gasteiger partial charge in [0.25, 0.3) is 5.91 Å². The minimum Gasteiger partial charge on any atom is -0.457 e. The zero-order valence-electron chi connectivity index (χ0n) is 15.7. The van der Waals surface area contributed by atoms with Gasteiger partial charge in [0.15, 0.2) is 5.82 Å². The molecule has 6 heteroatoms. The van der Waals surface area contributed by atoms with E-state index in [1.807, 2.05) is 71.4 Å². The van der Waals surface area contributed by atoms with E-state index in [4.69, 9.17) is 4.74 Å². The number of hydrogen-bond acceptors (Lipinski definition) is 4. The van der Waals surface area contributed by atoms with E-state index < -0.39 is 0 Å². The SMILES string of the molecule is O=C(NCCn1ccnc1-c1ccccn1)c1ccccc1Oc1ccccc1. The number of aromatic nitrogens is 3. The van der Waals surface area contributed by atoms with Gasteiger partial charge in [0, 0.05) is 31.7 Å². The lowest BCUT2D eigenvalue weighted by Crippen LogP contribution is -2.27. The molecule has 0 saturated carbocycles. The normalized spacial score (nSPS) is 10.5. The number of rotatable bonds is 7. The van der Waals surface area contributed by atoms with E-state index in [0.717, 1.165) is 11.5 Å². The molecular formula is C23H20N4O2. The van der Waals surface area contributed by atoms with Crippen LogP contribution < -0.4 is 10.1 Å². The van der Waals surface area contributed by atoms with Crippen LogP contribution in [0.1, 0.15) is 10.4 Å². The van der Waals surface area contributed by atoms with Crippen molar-refractivity contribution in [2.75, 3.05) is 6.54 Å². The predicted octanol–water partition coefficient (Wildman–Crippen LogP) is 4.17. The topological polar surface area (TPSA) is 69.0 Å². The van der Waals surface area contributed by atoms with E-state index in [2.05, 4.69) is 15.3 Å². The summed E-state index contributed by atoms with van der Waals surface area (Å²) in [7, 11) is 0. The highest BCUT2D eigenvalue weighted by Gasteiger charge is 2.13. The zero-order chi connectivity index (χ0) is 19.9. The van der Waals surface area contributed by atoms with E-state index in [-0.39, 0.29) is 5.91 Å². The van der Waals surface area contributed by atoms with Crippen molar-refractivity contribution in [1.82, 2.24) is 19.9 Å². The van der Waals surface area contributed by atoms with Crippen LogP contribution in [0.25, 0.3) is 11.5 Å². The number of carbonyl (C=O) groups excluding carboxylic acids is 1. The molecule has 144 valence electrons. The largest absolute Gasteiger partial charge is 0.457 e. The molecule has 0 fully saturated rings. The van der Waals surface area contributed by atoms with Gasteiger partial charge in [-0.15, -0.1) is 0 Å². The number of hydrogen-bond donors (Lipinski definition) is 1. The van der Waals surface area contributed by atoms with Crippen LogP contribution in [0.4, 0.5) is 0 Å². The van der Waals surface area contributed by atoms with Crippen LogP contribution in [0, 0.1) is 0 Å². The predicted molar refractivity (Wildman–Crippen MR) is 111 cm³/mol. The van der Waals surface area contributed by atoms with Gasteiger partial charge in [0.1, 0.15) is 17.2 Å². The number of nitrogens with zero attached hydrogens (tertiary/aromatic N) is 3. The number of ether oxygens (including phenoxy) is 1. The number of imidazole rings is 1. The van der Waals surface area contributed by atoms with Crippen molar-refractivity contribution in [2.24, 2.45) is 0 Å². The summed E-state index contributed by atoms with van der Waals surface area (Å²) in [5, 5.41) is 2.95.